The van der Waals surface area contributed by atoms with E-state index in [2.05, 4.69) is 35.2 Å². The number of ether oxygens (including phenoxy) is 1. The largest absolute Gasteiger partial charge is 0.444 e. The Kier molecular flexibility index (Phi) is 16.8. The molecule has 6 aromatic rings. The monoisotopic (exact) mass is 1030 g/mol. The van der Waals surface area contributed by atoms with Crippen molar-refractivity contribution in [3.63, 3.8) is 0 Å². The second-order valence-electron chi connectivity index (χ2n) is 17.1. The number of pyridine rings is 4. The molecule has 24 heteroatoms. The number of nitrogens with zero attached hydrogens (tertiary/aromatic N) is 8. The number of nitrogens with two attached hydrogens (primary N) is 2. The lowest BCUT2D eigenvalue weighted by Crippen LogP contribution is -2.54. The number of anilines is 1. The number of halogens is 5. The SMILES string of the molecule is C.C.CN1C(N)=N[C@](C)(c2cc(Cc3nccc4cc(F)cnc34)ccc2F)CS1(=O)=O.CN1C(NC(=O)OC(C)(C)C)=N[C@](C)(c2cc(N)ccc2F)CS1(=O)=O.Fc1cnc2c(Cl)nccc2c1. The number of nitrogens with one attached hydrogen (secondary N) is 1. The summed E-state index contributed by atoms with van der Waals surface area (Å²) in [5, 5.41) is 3.89. The first-order valence-electron chi connectivity index (χ1n) is 20.3. The number of carbonyl (C=O) groups excluding carboxylic acids is 1. The lowest BCUT2D eigenvalue weighted by molar-refractivity contribution is 0.0559. The van der Waals surface area contributed by atoms with E-state index in [4.69, 9.17) is 27.8 Å². The van der Waals surface area contributed by atoms with E-state index in [1.165, 1.54) is 64.5 Å². The van der Waals surface area contributed by atoms with Gasteiger partial charge in [0.15, 0.2) is 5.15 Å². The summed E-state index contributed by atoms with van der Waals surface area (Å²) in [6.45, 7) is 8.01. The van der Waals surface area contributed by atoms with Gasteiger partial charge in [0, 0.05) is 60.5 Å². The first kappa shape index (κ1) is 55.9. The van der Waals surface area contributed by atoms with Crippen molar-refractivity contribution in [2.45, 2.75) is 72.6 Å². The lowest BCUT2D eigenvalue weighted by Gasteiger charge is -2.36. The molecule has 2 aromatic carbocycles. The number of benzene rings is 2. The van der Waals surface area contributed by atoms with E-state index in [1.807, 2.05) is 0 Å². The van der Waals surface area contributed by atoms with Crippen molar-refractivity contribution in [2.75, 3.05) is 31.3 Å². The summed E-state index contributed by atoms with van der Waals surface area (Å²) in [5.41, 5.74) is 10.6. The van der Waals surface area contributed by atoms with Gasteiger partial charge in [-0.1, -0.05) is 38.6 Å². The van der Waals surface area contributed by atoms with E-state index in [0.29, 0.717) is 44.6 Å². The van der Waals surface area contributed by atoms with Gasteiger partial charge in [-0.25, -0.2) is 67.8 Å². The van der Waals surface area contributed by atoms with Crippen LogP contribution in [0.25, 0.3) is 21.8 Å². The second kappa shape index (κ2) is 21.1. The Hall–Kier alpha value is -6.72. The van der Waals surface area contributed by atoms with Gasteiger partial charge in [0.1, 0.15) is 45.5 Å². The molecule has 70 heavy (non-hydrogen) atoms. The molecule has 0 bridgehead atoms. The van der Waals surface area contributed by atoms with Crippen LogP contribution in [-0.2, 0) is 42.3 Å². The molecular weight excluding hydrogens is 978 g/mol. The topological polar surface area (TPSA) is 241 Å². The lowest BCUT2D eigenvalue weighted by atomic mass is 9.91. The van der Waals surface area contributed by atoms with Gasteiger partial charge in [0.05, 0.1) is 35.1 Å². The van der Waals surface area contributed by atoms with Crippen molar-refractivity contribution in [1.29, 1.82) is 0 Å². The average Bonchev–Trinajstić information content (AvgIpc) is 3.23. The molecule has 2 atom stereocenters. The maximum absolute atomic E-state index is 14.7. The van der Waals surface area contributed by atoms with Gasteiger partial charge in [0.2, 0.25) is 32.0 Å². The Balaban J connectivity index is 0.000000243. The van der Waals surface area contributed by atoms with Gasteiger partial charge < -0.3 is 16.2 Å². The van der Waals surface area contributed by atoms with Crippen molar-refractivity contribution in [3.05, 3.63) is 136 Å². The molecule has 0 spiro atoms. The van der Waals surface area contributed by atoms with Gasteiger partial charge in [-0.3, -0.25) is 15.3 Å². The molecule has 376 valence electrons. The third kappa shape index (κ3) is 12.7. The van der Waals surface area contributed by atoms with Gasteiger partial charge in [-0.05, 0) is 88.7 Å². The standard InChI is InChI=1S/C20H19F2N5O2S.C16H23FN4O4S.C8H4ClFN2.2CH4/c1-20(11-30(28,29)27(2)19(23)26-20)15-7-12(3-4-16(15)22)8-17-18-13(5-6-24-17)9-14(21)10-25-18;1-15(2,3)25-14(22)19-13-20-16(4,9-26(23,24)21(13)5)11-8-10(18)6-7-12(11)17;9-8-7-5(1-2-11-8)3-6(10)4-12-7;;/h3-7,9-10H,8,11H2,1-2H3,(H2,23,26);6-8H,9,18H2,1-5H3,(H,19,20,22);1-4H;2*1H4/t20-;16-;;;/m00.../s1. The molecule has 2 aliphatic rings. The minimum atomic E-state index is -3.86. The molecule has 1 amide bonds. The van der Waals surface area contributed by atoms with E-state index < -0.39 is 71.8 Å². The molecule has 0 unspecified atom stereocenters. The summed E-state index contributed by atoms with van der Waals surface area (Å²) < 4.78 is 112. The average molecular weight is 1030 g/mol. The Labute approximate surface area is 409 Å². The molecule has 8 rings (SSSR count). The molecule has 17 nitrogen and oxygen atoms in total. The number of hydrogen-bond donors (Lipinski definition) is 3. The summed E-state index contributed by atoms with van der Waals surface area (Å²) in [7, 11) is -5.04. The molecule has 0 fully saturated rings. The molecular formula is C46H54ClF4N11O6S2. The summed E-state index contributed by atoms with van der Waals surface area (Å²) in [6.07, 6.45) is 4.74. The van der Waals surface area contributed by atoms with E-state index in [-0.39, 0.29) is 49.4 Å². The molecule has 2 aliphatic heterocycles. The Morgan fingerprint density at radius 3 is 1.84 bits per heavy atom. The number of amides is 1. The van der Waals surface area contributed by atoms with E-state index >= 15 is 0 Å². The number of hydrogen-bond acceptors (Lipinski definition) is 14. The molecule has 0 aliphatic carbocycles. The van der Waals surface area contributed by atoms with Crippen molar-refractivity contribution in [2.24, 2.45) is 15.7 Å². The predicted molar refractivity (Wildman–Crippen MR) is 264 cm³/mol. The smallest absolute Gasteiger partial charge is 0.414 e. The summed E-state index contributed by atoms with van der Waals surface area (Å²) in [6, 6.07) is 14.3. The van der Waals surface area contributed by atoms with Gasteiger partial charge in [0.25, 0.3) is 0 Å². The van der Waals surface area contributed by atoms with Crippen LogP contribution in [0.4, 0.5) is 28.0 Å². The van der Waals surface area contributed by atoms with Crippen LogP contribution in [0, 0.1) is 23.3 Å². The van der Waals surface area contributed by atoms with Crippen LogP contribution < -0.4 is 16.8 Å². The van der Waals surface area contributed by atoms with Crippen LogP contribution in [-0.4, -0.2) is 94.6 Å². The molecule has 5 N–H and O–H groups in total. The first-order chi connectivity index (χ1) is 31.6. The van der Waals surface area contributed by atoms with Crippen LogP contribution in [0.2, 0.25) is 5.15 Å². The fraction of sp³-hybridized carbons (Fsp3) is 0.326. The highest BCUT2D eigenvalue weighted by molar-refractivity contribution is 7.90. The molecule has 0 saturated carbocycles. The van der Waals surface area contributed by atoms with E-state index in [1.54, 1.807) is 51.2 Å². The summed E-state index contributed by atoms with van der Waals surface area (Å²) >= 11 is 5.71. The van der Waals surface area contributed by atoms with Gasteiger partial charge in [-0.15, -0.1) is 0 Å². The number of nitrogen functional groups attached to an aromatic ring is 1. The molecule has 6 heterocycles. The minimum absolute atomic E-state index is 0. The van der Waals surface area contributed by atoms with Crippen LogP contribution in [0.1, 0.15) is 71.9 Å². The predicted octanol–water partition coefficient (Wildman–Crippen LogP) is 7.78. The molecule has 0 radical (unpaired) electrons. The Morgan fingerprint density at radius 2 is 1.26 bits per heavy atom. The number of aromatic nitrogens is 4. The van der Waals surface area contributed by atoms with Crippen LogP contribution in [0.3, 0.4) is 0 Å². The zero-order valence-corrected chi connectivity index (χ0v) is 40.0. The second-order valence-corrected chi connectivity index (χ2v) is 21.4. The highest BCUT2D eigenvalue weighted by Crippen LogP contribution is 2.36. The number of aliphatic imine (C=N–C) groups is 2. The van der Waals surface area contributed by atoms with Gasteiger partial charge in [-0.2, -0.15) is 0 Å². The highest BCUT2D eigenvalue weighted by Gasteiger charge is 2.44. The number of fused-ring (bicyclic) bond motifs is 2. The van der Waals surface area contributed by atoms with Crippen molar-refractivity contribution < 1.29 is 43.9 Å². The minimum Gasteiger partial charge on any atom is -0.444 e. The number of carbonyl (C=O) groups is 1. The third-order valence-corrected chi connectivity index (χ3v) is 14.6. The van der Waals surface area contributed by atoms with E-state index in [9.17, 15) is 39.2 Å². The quantitative estimate of drug-likeness (QED) is 0.0871. The number of rotatable bonds is 4. The number of guanidine groups is 2. The normalized spacial score (nSPS) is 19.1. The first-order valence-corrected chi connectivity index (χ1v) is 23.9. The van der Waals surface area contributed by atoms with E-state index in [0.717, 1.165) is 27.1 Å². The van der Waals surface area contributed by atoms with Crippen LogP contribution in [0.15, 0.2) is 95.4 Å². The maximum Gasteiger partial charge on any atom is 0.414 e. The number of sulfonamides is 2. The van der Waals surface area contributed by atoms with Crippen molar-refractivity contribution in [3.8, 4) is 0 Å². The summed E-state index contributed by atoms with van der Waals surface area (Å²) in [5.74, 6) is -3.38. The Morgan fingerprint density at radius 1 is 0.743 bits per heavy atom. The molecule has 4 aromatic heterocycles. The fourth-order valence-corrected chi connectivity index (χ4v) is 10.2. The number of alkyl carbamates (subject to hydrolysis) is 1. The van der Waals surface area contributed by atoms with Crippen LogP contribution >= 0.6 is 11.6 Å². The fourth-order valence-electron chi connectivity index (χ4n) is 7.11. The van der Waals surface area contributed by atoms with Crippen LogP contribution in [0.5, 0.6) is 0 Å². The molecule has 0 saturated heterocycles. The van der Waals surface area contributed by atoms with Gasteiger partial charge >= 0.3 is 6.09 Å². The van der Waals surface area contributed by atoms with Crippen molar-refractivity contribution in [1.82, 2.24) is 33.9 Å². The maximum atomic E-state index is 14.7. The highest BCUT2D eigenvalue weighted by atomic mass is 35.5. The zero-order valence-electron chi connectivity index (χ0n) is 37.6. The Bertz CT molecular complexity index is 3240. The van der Waals surface area contributed by atoms with Crippen molar-refractivity contribution >= 4 is 77.2 Å². The zero-order chi connectivity index (χ0) is 50.1. The summed E-state index contributed by atoms with van der Waals surface area (Å²) in [4.78, 5) is 36.7. The third-order valence-electron chi connectivity index (χ3n) is 10.4.